The predicted molar refractivity (Wildman–Crippen MR) is 114 cm³/mol. The summed E-state index contributed by atoms with van der Waals surface area (Å²) in [5.74, 6) is 0.766. The lowest BCUT2D eigenvalue weighted by molar-refractivity contribution is -0.117. The number of carbonyl (C=O) groups is 1. The third kappa shape index (κ3) is 4.94. The van der Waals surface area contributed by atoms with Crippen LogP contribution in [0.15, 0.2) is 42.5 Å². The first-order valence-electron chi connectivity index (χ1n) is 9.07. The molecular formula is C20H23ClN2O5S. The Morgan fingerprint density at radius 3 is 2.41 bits per heavy atom. The fraction of sp³-hybridized carbons (Fsp3) is 0.350. The molecule has 1 fully saturated rings. The number of benzene rings is 2. The summed E-state index contributed by atoms with van der Waals surface area (Å²) >= 11 is 6.28. The molecule has 29 heavy (non-hydrogen) atoms. The van der Waals surface area contributed by atoms with E-state index in [4.69, 9.17) is 21.1 Å². The zero-order chi connectivity index (χ0) is 21.0. The number of nitrogens with zero attached hydrogens (tertiary/aromatic N) is 1. The summed E-state index contributed by atoms with van der Waals surface area (Å²) in [6, 6.07) is 11.9. The molecule has 156 valence electrons. The molecule has 0 bridgehead atoms. The van der Waals surface area contributed by atoms with Crippen LogP contribution in [-0.2, 0) is 14.6 Å². The lowest BCUT2D eigenvalue weighted by Gasteiger charge is -2.29. The molecule has 1 heterocycles. The average molecular weight is 439 g/mol. The van der Waals surface area contributed by atoms with Crippen molar-refractivity contribution < 1.29 is 22.7 Å². The first-order chi connectivity index (χ1) is 13.8. The Hall–Kier alpha value is -2.45. The summed E-state index contributed by atoms with van der Waals surface area (Å²) in [4.78, 5) is 14.6. The number of rotatable bonds is 7. The summed E-state index contributed by atoms with van der Waals surface area (Å²) < 4.78 is 34.4. The second-order valence-electron chi connectivity index (χ2n) is 6.70. The number of hydrogen-bond acceptors (Lipinski definition) is 6. The van der Waals surface area contributed by atoms with Gasteiger partial charge in [0.15, 0.2) is 21.3 Å². The van der Waals surface area contributed by atoms with Gasteiger partial charge in [0.05, 0.1) is 49.0 Å². The van der Waals surface area contributed by atoms with E-state index in [-0.39, 0.29) is 24.0 Å². The van der Waals surface area contributed by atoms with E-state index in [0.717, 1.165) is 0 Å². The highest BCUT2D eigenvalue weighted by Gasteiger charge is 2.35. The monoisotopic (exact) mass is 438 g/mol. The van der Waals surface area contributed by atoms with Crippen LogP contribution in [0.25, 0.3) is 0 Å². The van der Waals surface area contributed by atoms with Crippen LogP contribution in [0.3, 0.4) is 0 Å². The molecule has 2 aromatic rings. The quantitative estimate of drug-likeness (QED) is 0.715. The van der Waals surface area contributed by atoms with E-state index in [1.165, 1.54) is 14.2 Å². The molecule has 2 aromatic carbocycles. The molecule has 0 radical (unpaired) electrons. The molecule has 9 heteroatoms. The third-order valence-corrected chi connectivity index (χ3v) is 6.84. The van der Waals surface area contributed by atoms with Crippen molar-refractivity contribution in [3.8, 4) is 11.5 Å². The highest BCUT2D eigenvalue weighted by molar-refractivity contribution is 7.91. The number of methoxy groups -OCH3 is 2. The standard InChI is InChI=1S/C20H23ClN2O5S/c1-27-18-10-16(21)17(11-19(18)28-2)22-12-20(24)23(14-6-4-3-5-7-14)15-8-9-29(25,26)13-15/h3-7,10-11,15,22H,8-9,12-13H2,1-2H3/t15-/m1/s1. The lowest BCUT2D eigenvalue weighted by atomic mass is 10.1. The Labute approximate surface area is 175 Å². The molecule has 0 aliphatic carbocycles. The Morgan fingerprint density at radius 1 is 1.17 bits per heavy atom. The first-order valence-corrected chi connectivity index (χ1v) is 11.3. The summed E-state index contributed by atoms with van der Waals surface area (Å²) in [5.41, 5.74) is 1.18. The Balaban J connectivity index is 1.81. The molecule has 3 rings (SSSR count). The van der Waals surface area contributed by atoms with Crippen molar-refractivity contribution in [3.63, 3.8) is 0 Å². The van der Waals surface area contributed by atoms with Crippen LogP contribution >= 0.6 is 11.6 Å². The molecule has 1 aliphatic rings. The number of hydrogen-bond donors (Lipinski definition) is 1. The van der Waals surface area contributed by atoms with Gasteiger partial charge in [0.1, 0.15) is 0 Å². The van der Waals surface area contributed by atoms with Crippen LogP contribution < -0.4 is 19.7 Å². The van der Waals surface area contributed by atoms with Gasteiger partial charge in [0.2, 0.25) is 5.91 Å². The van der Waals surface area contributed by atoms with Gasteiger partial charge in [-0.05, 0) is 18.6 Å². The van der Waals surface area contributed by atoms with Crippen LogP contribution in [0.5, 0.6) is 11.5 Å². The summed E-state index contributed by atoms with van der Waals surface area (Å²) in [7, 11) is -0.114. The maximum absolute atomic E-state index is 13.1. The van der Waals surface area contributed by atoms with Crippen LogP contribution in [0.4, 0.5) is 11.4 Å². The van der Waals surface area contributed by atoms with Gasteiger partial charge in [-0.15, -0.1) is 0 Å². The minimum atomic E-state index is -3.14. The number of halogens is 1. The molecule has 1 aliphatic heterocycles. The van der Waals surface area contributed by atoms with Crippen molar-refractivity contribution in [2.24, 2.45) is 0 Å². The van der Waals surface area contributed by atoms with Crippen molar-refractivity contribution >= 4 is 38.7 Å². The van der Waals surface area contributed by atoms with Crippen LogP contribution in [0, 0.1) is 0 Å². The maximum atomic E-state index is 13.1. The van der Waals surface area contributed by atoms with E-state index in [2.05, 4.69) is 5.32 Å². The number of para-hydroxylation sites is 1. The van der Waals surface area contributed by atoms with Crippen molar-refractivity contribution in [2.75, 3.05) is 42.5 Å². The second-order valence-corrected chi connectivity index (χ2v) is 9.33. The van der Waals surface area contributed by atoms with Crippen molar-refractivity contribution in [2.45, 2.75) is 12.5 Å². The van der Waals surface area contributed by atoms with E-state index < -0.39 is 15.9 Å². The van der Waals surface area contributed by atoms with Gasteiger partial charge in [-0.25, -0.2) is 8.42 Å². The highest BCUT2D eigenvalue weighted by atomic mass is 35.5. The van der Waals surface area contributed by atoms with Crippen molar-refractivity contribution in [1.82, 2.24) is 0 Å². The fourth-order valence-corrected chi connectivity index (χ4v) is 5.29. The highest BCUT2D eigenvalue weighted by Crippen LogP contribution is 2.36. The zero-order valence-corrected chi connectivity index (χ0v) is 17.8. The molecule has 7 nitrogen and oxygen atoms in total. The van der Waals surface area contributed by atoms with E-state index in [9.17, 15) is 13.2 Å². The second kappa shape index (κ2) is 8.92. The number of carbonyl (C=O) groups excluding carboxylic acids is 1. The smallest absolute Gasteiger partial charge is 0.246 e. The van der Waals surface area contributed by atoms with Crippen LogP contribution in [-0.4, -0.2) is 52.6 Å². The average Bonchev–Trinajstić information content (AvgIpc) is 3.06. The van der Waals surface area contributed by atoms with Gasteiger partial charge in [0.25, 0.3) is 0 Å². The van der Waals surface area contributed by atoms with Crippen molar-refractivity contribution in [1.29, 1.82) is 0 Å². The predicted octanol–water partition coefficient (Wildman–Crippen LogP) is 2.99. The van der Waals surface area contributed by atoms with E-state index in [1.807, 2.05) is 18.2 Å². The summed E-state index contributed by atoms with van der Waals surface area (Å²) in [6.45, 7) is -0.0549. The molecule has 0 spiro atoms. The van der Waals surface area contributed by atoms with Gasteiger partial charge in [-0.1, -0.05) is 29.8 Å². The number of ether oxygens (including phenoxy) is 2. The van der Waals surface area contributed by atoms with E-state index >= 15 is 0 Å². The van der Waals surface area contributed by atoms with E-state index in [0.29, 0.717) is 34.3 Å². The lowest BCUT2D eigenvalue weighted by Crippen LogP contribution is -2.44. The summed E-state index contributed by atoms with van der Waals surface area (Å²) in [5, 5.41) is 3.40. The molecule has 1 saturated heterocycles. The van der Waals surface area contributed by atoms with Gasteiger partial charge < -0.3 is 19.7 Å². The van der Waals surface area contributed by atoms with Crippen molar-refractivity contribution in [3.05, 3.63) is 47.5 Å². The van der Waals surface area contributed by atoms with Gasteiger partial charge in [-0.3, -0.25) is 4.79 Å². The van der Waals surface area contributed by atoms with Gasteiger partial charge in [0, 0.05) is 17.8 Å². The Kier molecular flexibility index (Phi) is 6.54. The number of sulfone groups is 1. The molecule has 0 unspecified atom stereocenters. The normalized spacial score (nSPS) is 17.6. The fourth-order valence-electron chi connectivity index (χ4n) is 3.37. The largest absolute Gasteiger partial charge is 0.493 e. The first kappa shape index (κ1) is 21.3. The van der Waals surface area contributed by atoms with Crippen LogP contribution in [0.2, 0.25) is 5.02 Å². The zero-order valence-electron chi connectivity index (χ0n) is 16.2. The number of nitrogens with one attached hydrogen (secondary N) is 1. The molecule has 1 atom stereocenters. The minimum Gasteiger partial charge on any atom is -0.493 e. The minimum absolute atomic E-state index is 0.0370. The third-order valence-electron chi connectivity index (χ3n) is 4.78. The van der Waals surface area contributed by atoms with Gasteiger partial charge in [-0.2, -0.15) is 0 Å². The number of amides is 1. The summed E-state index contributed by atoms with van der Waals surface area (Å²) in [6.07, 6.45) is 0.417. The van der Waals surface area contributed by atoms with Crippen LogP contribution in [0.1, 0.15) is 6.42 Å². The molecule has 1 amide bonds. The number of anilines is 2. The molecule has 0 aromatic heterocycles. The topological polar surface area (TPSA) is 84.9 Å². The SMILES string of the molecule is COc1cc(Cl)c(NCC(=O)N(c2ccccc2)[C@@H]2CCS(=O)(=O)C2)cc1OC. The Bertz CT molecular complexity index is 982. The van der Waals surface area contributed by atoms with E-state index in [1.54, 1.807) is 29.2 Å². The van der Waals surface area contributed by atoms with Gasteiger partial charge >= 0.3 is 0 Å². The Morgan fingerprint density at radius 2 is 1.83 bits per heavy atom. The maximum Gasteiger partial charge on any atom is 0.246 e. The molecular weight excluding hydrogens is 416 g/mol. The molecule has 0 saturated carbocycles. The molecule has 1 N–H and O–H groups in total.